The van der Waals surface area contributed by atoms with Gasteiger partial charge in [0.1, 0.15) is 12.4 Å². The van der Waals surface area contributed by atoms with Gasteiger partial charge in [0.05, 0.1) is 21.6 Å². The summed E-state index contributed by atoms with van der Waals surface area (Å²) in [5, 5.41) is 4.10. The maximum atomic E-state index is 12.2. The van der Waals surface area contributed by atoms with Crippen molar-refractivity contribution in [1.29, 1.82) is 0 Å². The number of hydrogen-bond donors (Lipinski definition) is 1. The number of benzene rings is 3. The minimum atomic E-state index is -0.164. The fourth-order valence-corrected chi connectivity index (χ4v) is 4.77. The first kappa shape index (κ1) is 25.7. The van der Waals surface area contributed by atoms with E-state index in [0.717, 1.165) is 30.1 Å². The summed E-state index contributed by atoms with van der Waals surface area (Å²) in [5.74, 6) is 0.542. The molecule has 0 radical (unpaired) electrons. The Hall–Kier alpha value is -1.96. The van der Waals surface area contributed by atoms with Crippen LogP contribution in [0, 0.1) is 0 Å². The van der Waals surface area contributed by atoms with E-state index in [1.165, 1.54) is 5.56 Å². The lowest BCUT2D eigenvalue weighted by Crippen LogP contribution is -2.20. The largest absolute Gasteiger partial charge is 0.487 e. The van der Waals surface area contributed by atoms with Crippen molar-refractivity contribution in [2.75, 3.05) is 0 Å². The Bertz CT molecular complexity index is 1110. The smallest absolute Gasteiger partial charge is 0.244 e. The molecule has 172 valence electrons. The molecule has 0 saturated carbocycles. The quantitative estimate of drug-likeness (QED) is 0.215. The Labute approximate surface area is 220 Å². The van der Waals surface area contributed by atoms with Crippen LogP contribution in [0.15, 0.2) is 79.2 Å². The maximum absolute atomic E-state index is 12.2. The van der Waals surface area contributed by atoms with Crippen LogP contribution in [0.25, 0.3) is 0 Å². The van der Waals surface area contributed by atoms with Crippen LogP contribution in [0.5, 0.6) is 5.75 Å². The number of ether oxygens (including phenoxy) is 1. The van der Waals surface area contributed by atoms with Gasteiger partial charge in [-0.2, -0.15) is 5.10 Å². The van der Waals surface area contributed by atoms with Gasteiger partial charge in [0.2, 0.25) is 5.91 Å². The van der Waals surface area contributed by atoms with Gasteiger partial charge in [-0.05, 0) is 83.8 Å². The first-order valence-corrected chi connectivity index (χ1v) is 12.8. The normalized spacial score (nSPS) is 11.6. The summed E-state index contributed by atoms with van der Waals surface area (Å²) in [5.41, 5.74) is 6.76. The van der Waals surface area contributed by atoms with Crippen LogP contribution >= 0.6 is 47.8 Å². The van der Waals surface area contributed by atoms with E-state index in [2.05, 4.69) is 91.2 Å². The Morgan fingerprint density at radius 1 is 0.939 bits per heavy atom. The van der Waals surface area contributed by atoms with Crippen LogP contribution in [-0.2, 0) is 23.2 Å². The van der Waals surface area contributed by atoms with Gasteiger partial charge >= 0.3 is 0 Å². The minimum Gasteiger partial charge on any atom is -0.487 e. The number of carbonyl (C=O) groups excluding carboxylic acids is 1. The molecule has 4 nitrogen and oxygen atoms in total. The van der Waals surface area contributed by atoms with Gasteiger partial charge in [-0.15, -0.1) is 0 Å². The number of hydrazone groups is 1. The second-order valence-electron chi connectivity index (χ2n) is 8.65. The third kappa shape index (κ3) is 7.80. The van der Waals surface area contributed by atoms with Crippen molar-refractivity contribution < 1.29 is 9.53 Å². The average Bonchev–Trinajstić information content (AvgIpc) is 2.74. The van der Waals surface area contributed by atoms with E-state index in [0.29, 0.717) is 12.4 Å². The molecule has 0 aliphatic carbocycles. The fourth-order valence-electron chi connectivity index (χ4n) is 3.05. The fraction of sp³-hybridized carbons (Fsp3) is 0.231. The maximum Gasteiger partial charge on any atom is 0.244 e. The first-order chi connectivity index (χ1) is 15.6. The minimum absolute atomic E-state index is 0.0905. The Morgan fingerprint density at radius 2 is 1.52 bits per heavy atom. The molecule has 0 aliphatic rings. The topological polar surface area (TPSA) is 50.7 Å². The second-order valence-corrected chi connectivity index (χ2v) is 11.3. The van der Waals surface area contributed by atoms with Crippen molar-refractivity contribution in [1.82, 2.24) is 5.43 Å². The van der Waals surface area contributed by atoms with E-state index in [4.69, 9.17) is 4.74 Å². The number of hydrogen-bond acceptors (Lipinski definition) is 3. The number of rotatable bonds is 7. The molecule has 0 fully saturated rings. The van der Waals surface area contributed by atoms with Gasteiger partial charge in [-0.1, -0.05) is 73.1 Å². The third-order valence-electron chi connectivity index (χ3n) is 4.90. The number of halogens is 3. The molecule has 0 unspecified atom stereocenters. The lowest BCUT2D eigenvalue weighted by atomic mass is 9.86. The van der Waals surface area contributed by atoms with Gasteiger partial charge in [0, 0.05) is 4.47 Å². The highest BCUT2D eigenvalue weighted by atomic mass is 79.9. The molecule has 33 heavy (non-hydrogen) atoms. The summed E-state index contributed by atoms with van der Waals surface area (Å²) in [6, 6.07) is 19.9. The number of nitrogens with one attached hydrogen (secondary N) is 1. The Balaban J connectivity index is 1.56. The van der Waals surface area contributed by atoms with Crippen LogP contribution in [0.2, 0.25) is 0 Å². The molecular weight excluding hydrogens is 612 g/mol. The zero-order chi connectivity index (χ0) is 24.0. The van der Waals surface area contributed by atoms with Gasteiger partial charge in [-0.3, -0.25) is 4.79 Å². The summed E-state index contributed by atoms with van der Waals surface area (Å²) < 4.78 is 8.58. The summed E-state index contributed by atoms with van der Waals surface area (Å²) >= 11 is 10.5. The van der Waals surface area contributed by atoms with E-state index >= 15 is 0 Å². The van der Waals surface area contributed by atoms with Crippen molar-refractivity contribution in [2.45, 2.75) is 39.2 Å². The lowest BCUT2D eigenvalue weighted by Gasteiger charge is -2.19. The molecule has 0 spiro atoms. The molecule has 3 aromatic carbocycles. The Kier molecular flexibility index (Phi) is 8.90. The van der Waals surface area contributed by atoms with Crippen molar-refractivity contribution in [3.8, 4) is 5.75 Å². The SMILES string of the molecule is CC(C)(C)c1ccc(CC(=O)N/N=C\c2cc(Br)c(OCc3ccc(Br)cc3)c(Br)c2)cc1. The highest BCUT2D eigenvalue weighted by molar-refractivity contribution is 9.11. The highest BCUT2D eigenvalue weighted by Crippen LogP contribution is 2.35. The molecule has 3 rings (SSSR count). The molecule has 0 aliphatic heterocycles. The van der Waals surface area contributed by atoms with Crippen LogP contribution in [0.1, 0.15) is 43.0 Å². The molecule has 0 atom stereocenters. The summed E-state index contributed by atoms with van der Waals surface area (Å²) in [6.45, 7) is 6.95. The summed E-state index contributed by atoms with van der Waals surface area (Å²) in [6.07, 6.45) is 1.88. The van der Waals surface area contributed by atoms with Gasteiger partial charge in [0.15, 0.2) is 0 Å². The Morgan fingerprint density at radius 3 is 2.09 bits per heavy atom. The molecule has 1 N–H and O–H groups in total. The van der Waals surface area contributed by atoms with Crippen LogP contribution in [-0.4, -0.2) is 12.1 Å². The second kappa shape index (κ2) is 11.4. The molecule has 0 saturated heterocycles. The van der Waals surface area contributed by atoms with E-state index in [1.54, 1.807) is 6.21 Å². The number of amides is 1. The molecule has 0 aromatic heterocycles. The van der Waals surface area contributed by atoms with Crippen molar-refractivity contribution in [2.24, 2.45) is 5.10 Å². The predicted octanol–water partition coefficient (Wildman–Crippen LogP) is 7.54. The monoisotopic (exact) mass is 634 g/mol. The van der Waals surface area contributed by atoms with Crippen LogP contribution in [0.3, 0.4) is 0 Å². The summed E-state index contributed by atoms with van der Waals surface area (Å²) in [4.78, 5) is 12.2. The van der Waals surface area contributed by atoms with E-state index in [-0.39, 0.29) is 17.7 Å². The predicted molar refractivity (Wildman–Crippen MR) is 145 cm³/mol. The van der Waals surface area contributed by atoms with Crippen LogP contribution < -0.4 is 10.2 Å². The van der Waals surface area contributed by atoms with E-state index in [1.807, 2.05) is 48.5 Å². The van der Waals surface area contributed by atoms with Gasteiger partial charge in [-0.25, -0.2) is 5.43 Å². The summed E-state index contributed by atoms with van der Waals surface area (Å²) in [7, 11) is 0. The first-order valence-electron chi connectivity index (χ1n) is 10.4. The molecule has 0 bridgehead atoms. The molecule has 7 heteroatoms. The zero-order valence-corrected chi connectivity index (χ0v) is 23.4. The highest BCUT2D eigenvalue weighted by Gasteiger charge is 2.13. The van der Waals surface area contributed by atoms with Gasteiger partial charge < -0.3 is 4.74 Å². The van der Waals surface area contributed by atoms with E-state index in [9.17, 15) is 4.79 Å². The van der Waals surface area contributed by atoms with E-state index < -0.39 is 0 Å². The standard InChI is InChI=1S/C26H25Br3N2O2/c1-26(2,3)20-8-4-17(5-9-20)14-24(32)31-30-15-19-12-22(28)25(23(29)13-19)33-16-18-6-10-21(27)11-7-18/h4-13,15H,14,16H2,1-3H3,(H,31,32)/b30-15-. The van der Waals surface area contributed by atoms with Crippen LogP contribution in [0.4, 0.5) is 0 Å². The van der Waals surface area contributed by atoms with Crippen molar-refractivity contribution in [3.05, 3.63) is 96.3 Å². The third-order valence-corrected chi connectivity index (χ3v) is 6.61. The van der Waals surface area contributed by atoms with Gasteiger partial charge in [0.25, 0.3) is 0 Å². The molecular formula is C26H25Br3N2O2. The number of nitrogens with zero attached hydrogens (tertiary/aromatic N) is 1. The average molecular weight is 637 g/mol. The molecule has 0 heterocycles. The molecule has 3 aromatic rings. The molecule has 1 amide bonds. The number of carbonyl (C=O) groups is 1. The van der Waals surface area contributed by atoms with Crippen molar-refractivity contribution in [3.63, 3.8) is 0 Å². The van der Waals surface area contributed by atoms with Crippen molar-refractivity contribution >= 4 is 59.9 Å². The lowest BCUT2D eigenvalue weighted by molar-refractivity contribution is -0.120. The zero-order valence-electron chi connectivity index (χ0n) is 18.7.